The molecule has 0 aromatic heterocycles. The number of carbonyl (C=O) groups excluding carboxylic acids is 1. The minimum absolute atomic E-state index is 0.0204. The Morgan fingerprint density at radius 1 is 1.21 bits per heavy atom. The van der Waals surface area contributed by atoms with E-state index in [9.17, 15) is 18.0 Å². The number of rotatable bonds is 6. The van der Waals surface area contributed by atoms with E-state index < -0.39 is 12.3 Å². The number of ether oxygens (including phenoxy) is 3. The van der Waals surface area contributed by atoms with Gasteiger partial charge in [-0.3, -0.25) is 0 Å². The molecule has 0 aliphatic rings. The van der Waals surface area contributed by atoms with Gasteiger partial charge in [0.25, 0.3) is 0 Å². The van der Waals surface area contributed by atoms with Crippen LogP contribution >= 0.6 is 0 Å². The van der Waals surface area contributed by atoms with E-state index in [1.54, 1.807) is 26.8 Å². The smallest absolute Gasteiger partial charge is 0.462 e. The van der Waals surface area contributed by atoms with Crippen LogP contribution < -0.4 is 15.2 Å². The molecule has 2 rings (SSSR count). The fraction of sp³-hybridized carbons (Fsp3) is 0.286. The maximum Gasteiger partial charge on any atom is 0.573 e. The summed E-state index contributed by atoms with van der Waals surface area (Å²) in [5.41, 5.74) is 8.26. The Hall–Kier alpha value is -3.18. The van der Waals surface area contributed by atoms with Crippen LogP contribution in [0.3, 0.4) is 0 Å². The monoisotopic (exact) mass is 407 g/mol. The fourth-order valence-corrected chi connectivity index (χ4v) is 2.76. The average molecular weight is 407 g/mol. The minimum Gasteiger partial charge on any atom is -0.462 e. The van der Waals surface area contributed by atoms with Crippen molar-refractivity contribution in [2.75, 3.05) is 6.61 Å². The quantitative estimate of drug-likeness (QED) is 0.562. The second kappa shape index (κ2) is 9.34. The van der Waals surface area contributed by atoms with Gasteiger partial charge in [-0.05, 0) is 48.7 Å². The van der Waals surface area contributed by atoms with E-state index in [2.05, 4.69) is 16.8 Å². The van der Waals surface area contributed by atoms with Crippen LogP contribution in [0.1, 0.15) is 35.3 Å². The summed E-state index contributed by atoms with van der Waals surface area (Å²) in [6.45, 7) is 5.16. The van der Waals surface area contributed by atoms with Gasteiger partial charge in [0.15, 0.2) is 5.75 Å². The van der Waals surface area contributed by atoms with Gasteiger partial charge in [-0.15, -0.1) is 13.2 Å². The van der Waals surface area contributed by atoms with E-state index in [0.717, 1.165) is 0 Å². The third-order valence-electron chi connectivity index (χ3n) is 3.96. The minimum atomic E-state index is -4.77. The third-order valence-corrected chi connectivity index (χ3v) is 3.96. The molecular formula is C21H20F3NO4. The number of benzene rings is 2. The molecule has 154 valence electrons. The molecule has 0 fully saturated rings. The Bertz CT molecular complexity index is 942. The first-order valence-corrected chi connectivity index (χ1v) is 8.70. The molecule has 0 aliphatic heterocycles. The first-order chi connectivity index (χ1) is 13.7. The molecule has 0 spiro atoms. The second-order valence-electron chi connectivity index (χ2n) is 5.86. The Balaban J connectivity index is 2.60. The Morgan fingerprint density at radius 3 is 2.38 bits per heavy atom. The SMILES string of the molecule is CC#COc1c(C)c(-c2ccc(OC(F)(F)F)cc2)cc(CN)c1C(=O)OCC. The van der Waals surface area contributed by atoms with Crippen molar-refractivity contribution in [1.82, 2.24) is 0 Å². The molecule has 0 unspecified atom stereocenters. The largest absolute Gasteiger partial charge is 0.573 e. The van der Waals surface area contributed by atoms with Crippen molar-refractivity contribution in [3.05, 3.63) is 47.0 Å². The Morgan fingerprint density at radius 2 is 1.86 bits per heavy atom. The van der Waals surface area contributed by atoms with Crippen molar-refractivity contribution in [3.8, 4) is 34.7 Å². The Labute approximate surface area is 166 Å². The highest BCUT2D eigenvalue weighted by Crippen LogP contribution is 2.37. The zero-order valence-corrected chi connectivity index (χ0v) is 16.1. The molecule has 0 saturated carbocycles. The molecule has 5 nitrogen and oxygen atoms in total. The molecule has 8 heteroatoms. The molecule has 0 saturated heterocycles. The lowest BCUT2D eigenvalue weighted by molar-refractivity contribution is -0.274. The van der Waals surface area contributed by atoms with Crippen LogP contribution in [-0.4, -0.2) is 18.9 Å². The highest BCUT2D eigenvalue weighted by molar-refractivity contribution is 5.96. The van der Waals surface area contributed by atoms with Gasteiger partial charge in [-0.1, -0.05) is 18.1 Å². The lowest BCUT2D eigenvalue weighted by atomic mass is 9.93. The fourth-order valence-electron chi connectivity index (χ4n) is 2.76. The van der Waals surface area contributed by atoms with Crippen molar-refractivity contribution < 1.29 is 32.2 Å². The van der Waals surface area contributed by atoms with Crippen LogP contribution in [0.2, 0.25) is 0 Å². The predicted molar refractivity (Wildman–Crippen MR) is 101 cm³/mol. The molecule has 0 bridgehead atoms. The van der Waals surface area contributed by atoms with Crippen molar-refractivity contribution in [3.63, 3.8) is 0 Å². The molecule has 0 heterocycles. The van der Waals surface area contributed by atoms with E-state index in [4.69, 9.17) is 15.2 Å². The molecule has 2 N–H and O–H groups in total. The van der Waals surface area contributed by atoms with Crippen molar-refractivity contribution >= 4 is 5.97 Å². The van der Waals surface area contributed by atoms with Crippen LogP contribution in [0.5, 0.6) is 11.5 Å². The molecule has 29 heavy (non-hydrogen) atoms. The van der Waals surface area contributed by atoms with E-state index >= 15 is 0 Å². The van der Waals surface area contributed by atoms with Crippen LogP contribution in [0.15, 0.2) is 30.3 Å². The van der Waals surface area contributed by atoms with E-state index in [0.29, 0.717) is 22.3 Å². The maximum atomic E-state index is 12.5. The normalized spacial score (nSPS) is 10.7. The third kappa shape index (κ3) is 5.42. The van der Waals surface area contributed by atoms with E-state index in [-0.39, 0.29) is 30.2 Å². The highest BCUT2D eigenvalue weighted by atomic mass is 19.4. The van der Waals surface area contributed by atoms with Crippen LogP contribution in [0, 0.1) is 19.0 Å². The molecule has 2 aromatic carbocycles. The van der Waals surface area contributed by atoms with Gasteiger partial charge in [0, 0.05) is 19.0 Å². The first kappa shape index (κ1) is 22.1. The van der Waals surface area contributed by atoms with Crippen LogP contribution in [0.25, 0.3) is 11.1 Å². The van der Waals surface area contributed by atoms with Crippen LogP contribution in [-0.2, 0) is 11.3 Å². The number of nitrogens with two attached hydrogens (primary N) is 1. The summed E-state index contributed by atoms with van der Waals surface area (Å²) < 4.78 is 51.6. The van der Waals surface area contributed by atoms with Gasteiger partial charge in [-0.2, -0.15) is 0 Å². The van der Waals surface area contributed by atoms with Gasteiger partial charge in [0.2, 0.25) is 0 Å². The second-order valence-corrected chi connectivity index (χ2v) is 5.86. The van der Waals surface area contributed by atoms with E-state index in [1.165, 1.54) is 24.3 Å². The topological polar surface area (TPSA) is 70.8 Å². The molecular weight excluding hydrogens is 387 g/mol. The average Bonchev–Trinajstić information content (AvgIpc) is 2.66. The van der Waals surface area contributed by atoms with Gasteiger partial charge in [0.05, 0.1) is 6.61 Å². The number of esters is 1. The van der Waals surface area contributed by atoms with Gasteiger partial charge in [0.1, 0.15) is 17.4 Å². The van der Waals surface area contributed by atoms with Crippen molar-refractivity contribution in [2.45, 2.75) is 33.7 Å². The molecule has 2 aromatic rings. The summed E-state index contributed by atoms with van der Waals surface area (Å²) in [4.78, 5) is 12.5. The van der Waals surface area contributed by atoms with Crippen molar-refractivity contribution in [2.24, 2.45) is 5.73 Å². The number of carbonyl (C=O) groups is 1. The molecule has 0 atom stereocenters. The summed E-state index contributed by atoms with van der Waals surface area (Å²) in [6.07, 6.45) is -2.31. The lowest BCUT2D eigenvalue weighted by Crippen LogP contribution is -2.17. The number of hydrogen-bond acceptors (Lipinski definition) is 5. The number of hydrogen-bond donors (Lipinski definition) is 1. The maximum absolute atomic E-state index is 12.5. The predicted octanol–water partition coefficient (Wildman–Crippen LogP) is 4.56. The summed E-state index contributed by atoms with van der Waals surface area (Å²) in [6, 6.07) is 7.05. The molecule has 0 aliphatic carbocycles. The summed E-state index contributed by atoms with van der Waals surface area (Å²) in [5.74, 6) is 1.86. The van der Waals surface area contributed by atoms with Gasteiger partial charge in [-0.25, -0.2) is 4.79 Å². The number of alkyl halides is 3. The van der Waals surface area contributed by atoms with Gasteiger partial charge >= 0.3 is 12.3 Å². The van der Waals surface area contributed by atoms with Gasteiger partial charge < -0.3 is 19.9 Å². The zero-order chi connectivity index (χ0) is 21.6. The Kier molecular flexibility index (Phi) is 7.13. The van der Waals surface area contributed by atoms with E-state index in [1.807, 2.05) is 0 Å². The first-order valence-electron chi connectivity index (χ1n) is 8.70. The zero-order valence-electron chi connectivity index (χ0n) is 16.1. The van der Waals surface area contributed by atoms with Crippen molar-refractivity contribution in [1.29, 1.82) is 0 Å². The summed E-state index contributed by atoms with van der Waals surface area (Å²) in [5, 5.41) is 0. The summed E-state index contributed by atoms with van der Waals surface area (Å²) in [7, 11) is 0. The van der Waals surface area contributed by atoms with Crippen LogP contribution in [0.4, 0.5) is 13.2 Å². The lowest BCUT2D eigenvalue weighted by Gasteiger charge is -2.18. The number of halogens is 3. The molecule has 0 radical (unpaired) electrons. The standard InChI is InChI=1S/C21H20F3NO4/c1-4-10-28-19-13(3)17(11-15(12-25)18(19)20(26)27-5-2)14-6-8-16(9-7-14)29-21(22,23)24/h6-9,11H,5,12,25H2,1-3H3. The summed E-state index contributed by atoms with van der Waals surface area (Å²) >= 11 is 0. The highest BCUT2D eigenvalue weighted by Gasteiger charge is 2.31. The molecule has 0 amide bonds.